The van der Waals surface area contributed by atoms with Gasteiger partial charge in [-0.15, -0.1) is 0 Å². The molecule has 0 spiro atoms. The van der Waals surface area contributed by atoms with Crippen molar-refractivity contribution in [3.8, 4) is 0 Å². The number of hydrogen-bond acceptors (Lipinski definition) is 8. The highest BCUT2D eigenvalue weighted by molar-refractivity contribution is 5.69. The van der Waals surface area contributed by atoms with Crippen LogP contribution in [0.3, 0.4) is 0 Å². The molecule has 0 heterocycles. The van der Waals surface area contributed by atoms with Gasteiger partial charge < -0.3 is 24.4 Å². The van der Waals surface area contributed by atoms with Crippen LogP contribution in [-0.2, 0) is 23.8 Å². The van der Waals surface area contributed by atoms with E-state index in [1.807, 2.05) is 20.8 Å². The quantitative estimate of drug-likeness (QED) is 0.0366. The van der Waals surface area contributed by atoms with Gasteiger partial charge in [0.1, 0.15) is 5.60 Å². The lowest BCUT2D eigenvalue weighted by Crippen LogP contribution is -2.46. The monoisotopic (exact) mass is 990 g/mol. The van der Waals surface area contributed by atoms with Crippen LogP contribution in [0.25, 0.3) is 0 Å². The predicted octanol–water partition coefficient (Wildman–Crippen LogP) is 17.1. The first kappa shape index (κ1) is 66.1. The van der Waals surface area contributed by atoms with Crippen LogP contribution in [0.15, 0.2) is 0 Å². The second kappa shape index (κ2) is 46.9. The number of carbonyl (C=O) groups excluding carboxylic acids is 3. The number of unbranched alkanes of at least 4 members (excludes halogenated alkanes) is 24. The van der Waals surface area contributed by atoms with Crippen LogP contribution < -0.4 is 5.32 Å². The summed E-state index contributed by atoms with van der Waals surface area (Å²) in [6, 6.07) is 0.643. The molecule has 0 aromatic heterocycles. The zero-order chi connectivity index (χ0) is 51.2. The number of ether oxygens (including phenoxy) is 3. The van der Waals surface area contributed by atoms with Crippen LogP contribution in [0.2, 0.25) is 0 Å². The molecule has 70 heavy (non-hydrogen) atoms. The lowest BCUT2D eigenvalue weighted by atomic mass is 9.91. The van der Waals surface area contributed by atoms with Crippen molar-refractivity contribution in [2.45, 2.75) is 311 Å². The van der Waals surface area contributed by atoms with Crippen LogP contribution in [0.5, 0.6) is 0 Å². The molecule has 9 heteroatoms. The topological polar surface area (TPSA) is 97.4 Å². The molecular formula is C61H119N3O6. The number of amides is 1. The zero-order valence-electron chi connectivity index (χ0n) is 47.8. The third-order valence-electron chi connectivity index (χ3n) is 14.9. The molecule has 1 aliphatic rings. The predicted molar refractivity (Wildman–Crippen MR) is 298 cm³/mol. The lowest BCUT2D eigenvalue weighted by Gasteiger charge is -2.39. The Morgan fingerprint density at radius 2 is 0.857 bits per heavy atom. The molecule has 0 atom stereocenters. The van der Waals surface area contributed by atoms with Gasteiger partial charge in [0.25, 0.3) is 0 Å². The first-order valence-electron chi connectivity index (χ1n) is 30.8. The van der Waals surface area contributed by atoms with Gasteiger partial charge in [-0.2, -0.15) is 0 Å². The highest BCUT2D eigenvalue weighted by atomic mass is 16.6. The average molecular weight is 991 g/mol. The van der Waals surface area contributed by atoms with Crippen molar-refractivity contribution in [2.75, 3.05) is 52.5 Å². The second-order valence-corrected chi connectivity index (χ2v) is 22.8. The Bertz CT molecular complexity index is 1160. The molecule has 0 aliphatic heterocycles. The zero-order valence-corrected chi connectivity index (χ0v) is 47.8. The standard InChI is InChI=1S/C61H119N3O6/c1-8-12-16-20-24-30-39-55(40-31-25-21-17-13-9-2)53-68-58(65)45-34-28-36-48-63(50-47-62-60(67)70-61(5,6)7)51-52-64(57-43-38-44-57)49-37-29-35-46-59(66)69-54-56(41-32-26-22-18-14-10-3)42-33-27-23-19-15-11-4/h55-57H,8-54H2,1-7H3,(H,62,67). The third-order valence-corrected chi connectivity index (χ3v) is 14.9. The van der Waals surface area contributed by atoms with Crippen LogP contribution in [0.4, 0.5) is 4.79 Å². The second-order valence-electron chi connectivity index (χ2n) is 22.8. The van der Waals surface area contributed by atoms with Gasteiger partial charge in [0.15, 0.2) is 0 Å². The first-order chi connectivity index (χ1) is 34.0. The number of rotatable bonds is 51. The molecule has 414 valence electrons. The van der Waals surface area contributed by atoms with Gasteiger partial charge >= 0.3 is 18.0 Å². The molecule has 1 amide bonds. The molecule has 1 fully saturated rings. The van der Waals surface area contributed by atoms with Gasteiger partial charge in [0, 0.05) is 45.1 Å². The Kier molecular flexibility index (Phi) is 44.3. The fourth-order valence-corrected chi connectivity index (χ4v) is 10.0. The van der Waals surface area contributed by atoms with Crippen molar-refractivity contribution in [3.63, 3.8) is 0 Å². The summed E-state index contributed by atoms with van der Waals surface area (Å²) < 4.78 is 17.4. The van der Waals surface area contributed by atoms with Gasteiger partial charge in [0.2, 0.25) is 0 Å². The Morgan fingerprint density at radius 3 is 1.24 bits per heavy atom. The maximum absolute atomic E-state index is 12.9. The summed E-state index contributed by atoms with van der Waals surface area (Å²) >= 11 is 0. The Morgan fingerprint density at radius 1 is 0.471 bits per heavy atom. The van der Waals surface area contributed by atoms with Crippen molar-refractivity contribution >= 4 is 18.0 Å². The minimum atomic E-state index is -0.528. The highest BCUT2D eigenvalue weighted by Crippen LogP contribution is 2.26. The molecule has 0 bridgehead atoms. The molecule has 1 aliphatic carbocycles. The van der Waals surface area contributed by atoms with Gasteiger partial charge in [-0.3, -0.25) is 14.5 Å². The molecule has 0 aromatic carbocycles. The van der Waals surface area contributed by atoms with Crippen molar-refractivity contribution in [3.05, 3.63) is 0 Å². The SMILES string of the molecule is CCCCCCCCC(CCCCCCCC)COC(=O)CCCCCN(CCNC(=O)OC(C)(C)C)CCN(CCCCCC(=O)OCC(CCCCCCCC)CCCCCCCC)C1CCC1. The summed E-state index contributed by atoms with van der Waals surface area (Å²) in [5, 5.41) is 2.98. The van der Waals surface area contributed by atoms with Crippen molar-refractivity contribution in [2.24, 2.45) is 11.8 Å². The normalized spacial score (nSPS) is 13.2. The fraction of sp³-hybridized carbons (Fsp3) is 0.951. The van der Waals surface area contributed by atoms with E-state index in [2.05, 4.69) is 42.8 Å². The van der Waals surface area contributed by atoms with Gasteiger partial charge in [0.05, 0.1) is 13.2 Å². The van der Waals surface area contributed by atoms with E-state index in [1.165, 1.54) is 199 Å². The summed E-state index contributed by atoms with van der Waals surface area (Å²) in [7, 11) is 0. The van der Waals surface area contributed by atoms with Crippen molar-refractivity contribution < 1.29 is 28.6 Å². The van der Waals surface area contributed by atoms with Crippen molar-refractivity contribution in [1.29, 1.82) is 0 Å². The van der Waals surface area contributed by atoms with Crippen LogP contribution in [0.1, 0.15) is 299 Å². The molecule has 0 aromatic rings. The maximum atomic E-state index is 12.9. The molecule has 0 radical (unpaired) electrons. The van der Waals surface area contributed by atoms with Crippen LogP contribution in [-0.4, -0.2) is 92.0 Å². The summed E-state index contributed by atoms with van der Waals surface area (Å²) in [5.41, 5.74) is -0.528. The van der Waals surface area contributed by atoms with E-state index in [1.54, 1.807) is 0 Å². The van der Waals surface area contributed by atoms with E-state index in [-0.39, 0.29) is 18.0 Å². The fourth-order valence-electron chi connectivity index (χ4n) is 10.0. The van der Waals surface area contributed by atoms with Gasteiger partial charge in [-0.05, 0) is 110 Å². The molecule has 0 unspecified atom stereocenters. The molecular weight excluding hydrogens is 871 g/mol. The third kappa shape index (κ3) is 41.6. The van der Waals surface area contributed by atoms with E-state index in [4.69, 9.17) is 14.2 Å². The number of carbonyl (C=O) groups is 3. The maximum Gasteiger partial charge on any atom is 0.407 e. The van der Waals surface area contributed by atoms with Crippen LogP contribution in [0, 0.1) is 11.8 Å². The van der Waals surface area contributed by atoms with Crippen molar-refractivity contribution in [1.82, 2.24) is 15.1 Å². The summed E-state index contributed by atoms with van der Waals surface area (Å²) in [6.07, 6.45) is 46.5. The van der Waals surface area contributed by atoms with E-state index in [0.717, 1.165) is 71.2 Å². The van der Waals surface area contributed by atoms with Crippen LogP contribution >= 0.6 is 0 Å². The minimum absolute atomic E-state index is 0.00879. The number of nitrogens with zero attached hydrogens (tertiary/aromatic N) is 2. The Balaban J connectivity index is 2.61. The molecule has 1 rings (SSSR count). The largest absolute Gasteiger partial charge is 0.465 e. The minimum Gasteiger partial charge on any atom is -0.465 e. The Hall–Kier alpha value is -1.87. The Labute approximate surface area is 435 Å². The number of nitrogens with one attached hydrogen (secondary N) is 1. The summed E-state index contributed by atoms with van der Waals surface area (Å²) in [4.78, 5) is 43.5. The van der Waals surface area contributed by atoms with E-state index >= 15 is 0 Å². The molecule has 0 saturated heterocycles. The summed E-state index contributed by atoms with van der Waals surface area (Å²) in [5.74, 6) is 0.962. The molecule has 1 N–H and O–H groups in total. The van der Waals surface area contributed by atoms with Gasteiger partial charge in [-0.25, -0.2) is 4.79 Å². The number of hydrogen-bond donors (Lipinski definition) is 1. The van der Waals surface area contributed by atoms with E-state index in [9.17, 15) is 14.4 Å². The molecule has 9 nitrogen and oxygen atoms in total. The lowest BCUT2D eigenvalue weighted by molar-refractivity contribution is -0.146. The number of alkyl carbamates (subject to hydrolysis) is 1. The highest BCUT2D eigenvalue weighted by Gasteiger charge is 2.25. The van der Waals surface area contributed by atoms with Gasteiger partial charge in [-0.1, -0.05) is 201 Å². The van der Waals surface area contributed by atoms with E-state index < -0.39 is 5.60 Å². The average Bonchev–Trinajstić information content (AvgIpc) is 3.31. The molecule has 1 saturated carbocycles. The summed E-state index contributed by atoms with van der Waals surface area (Å²) in [6.45, 7) is 21.2. The van der Waals surface area contributed by atoms with E-state index in [0.29, 0.717) is 50.5 Å². The number of esters is 2. The smallest absolute Gasteiger partial charge is 0.407 e. The first-order valence-corrected chi connectivity index (χ1v) is 30.8.